The van der Waals surface area contributed by atoms with Gasteiger partial charge in [0.15, 0.2) is 0 Å². The van der Waals surface area contributed by atoms with Crippen molar-refractivity contribution in [3.05, 3.63) is 54.1 Å². The molecule has 0 amide bonds. The summed E-state index contributed by atoms with van der Waals surface area (Å²) in [5.74, 6) is 1.37. The summed E-state index contributed by atoms with van der Waals surface area (Å²) in [5, 5.41) is 19.1. The van der Waals surface area contributed by atoms with E-state index in [9.17, 15) is 15.0 Å². The maximum atomic E-state index is 11.8. The SMILES string of the molecule is CC[C@H](CO)Oc1cccc(CN(CCCOc2ccc(OC)cc2)[C@H](CC)C(=O)O)c1. The number of carboxylic acids is 1. The normalized spacial score (nSPS) is 12.9. The first-order chi connectivity index (χ1) is 15.5. The van der Waals surface area contributed by atoms with Crippen molar-refractivity contribution in [2.45, 2.75) is 51.8 Å². The fourth-order valence-corrected chi connectivity index (χ4v) is 3.46. The molecule has 7 nitrogen and oxygen atoms in total. The summed E-state index contributed by atoms with van der Waals surface area (Å²) in [6, 6.07) is 14.4. The Morgan fingerprint density at radius 1 is 1.03 bits per heavy atom. The number of hydrogen-bond donors (Lipinski definition) is 2. The lowest BCUT2D eigenvalue weighted by atomic mass is 10.1. The Bertz CT molecular complexity index is 806. The molecular weight excluding hydrogens is 410 g/mol. The molecule has 2 N–H and O–H groups in total. The molecule has 0 spiro atoms. The third kappa shape index (κ3) is 8.05. The lowest BCUT2D eigenvalue weighted by Gasteiger charge is -2.28. The average Bonchev–Trinajstić information content (AvgIpc) is 2.81. The Hall–Kier alpha value is -2.77. The predicted molar refractivity (Wildman–Crippen MR) is 123 cm³/mol. The van der Waals surface area contributed by atoms with Crippen LogP contribution in [0.2, 0.25) is 0 Å². The lowest BCUT2D eigenvalue weighted by molar-refractivity contribution is -0.143. The summed E-state index contributed by atoms with van der Waals surface area (Å²) in [6.45, 7) is 5.35. The van der Waals surface area contributed by atoms with Gasteiger partial charge in [0.05, 0.1) is 20.3 Å². The standard InChI is InChI=1S/C25H35NO6/c1-4-20(18-27)32-23-9-6-8-19(16-23)17-26(24(5-2)25(28)29)14-7-15-31-22-12-10-21(30-3)11-13-22/h6,8-13,16,20,24,27H,4-5,7,14-15,17-18H2,1-3H3,(H,28,29)/t20-,24-/m1/s1. The van der Waals surface area contributed by atoms with E-state index in [1.807, 2.05) is 67.3 Å². The number of benzene rings is 2. The number of aliphatic hydroxyl groups excluding tert-OH is 1. The summed E-state index contributed by atoms with van der Waals surface area (Å²) in [5.41, 5.74) is 0.964. The molecule has 0 saturated heterocycles. The Kier molecular flexibility index (Phi) is 10.8. The van der Waals surface area contributed by atoms with Crippen LogP contribution in [0.1, 0.15) is 38.7 Å². The highest BCUT2D eigenvalue weighted by Gasteiger charge is 2.24. The van der Waals surface area contributed by atoms with Crippen LogP contribution in [0.15, 0.2) is 48.5 Å². The zero-order valence-corrected chi connectivity index (χ0v) is 19.2. The fourth-order valence-electron chi connectivity index (χ4n) is 3.46. The summed E-state index contributed by atoms with van der Waals surface area (Å²) in [4.78, 5) is 13.8. The molecule has 0 saturated carbocycles. The van der Waals surface area contributed by atoms with Crippen molar-refractivity contribution >= 4 is 5.97 Å². The van der Waals surface area contributed by atoms with Crippen LogP contribution < -0.4 is 14.2 Å². The average molecular weight is 446 g/mol. The van der Waals surface area contributed by atoms with E-state index in [0.29, 0.717) is 44.7 Å². The van der Waals surface area contributed by atoms with Crippen molar-refractivity contribution in [1.82, 2.24) is 4.90 Å². The first kappa shape index (κ1) is 25.5. The van der Waals surface area contributed by atoms with Crippen molar-refractivity contribution in [2.75, 3.05) is 26.9 Å². The minimum absolute atomic E-state index is 0.0437. The number of aliphatic carboxylic acids is 1. The highest BCUT2D eigenvalue weighted by Crippen LogP contribution is 2.20. The molecular formula is C25H35NO6. The van der Waals surface area contributed by atoms with Gasteiger partial charge in [-0.3, -0.25) is 9.69 Å². The van der Waals surface area contributed by atoms with Crippen LogP contribution in [0.25, 0.3) is 0 Å². The van der Waals surface area contributed by atoms with E-state index in [0.717, 1.165) is 17.1 Å². The van der Waals surface area contributed by atoms with Gasteiger partial charge in [-0.15, -0.1) is 0 Å². The maximum absolute atomic E-state index is 11.8. The molecule has 0 aliphatic carbocycles. The van der Waals surface area contributed by atoms with Gasteiger partial charge in [-0.05, 0) is 61.2 Å². The van der Waals surface area contributed by atoms with E-state index in [1.165, 1.54) is 0 Å². The lowest BCUT2D eigenvalue weighted by Crippen LogP contribution is -2.41. The highest BCUT2D eigenvalue weighted by atomic mass is 16.5. The predicted octanol–water partition coefficient (Wildman–Crippen LogP) is 3.98. The molecule has 2 aromatic rings. The monoisotopic (exact) mass is 445 g/mol. The van der Waals surface area contributed by atoms with E-state index in [1.54, 1.807) is 7.11 Å². The van der Waals surface area contributed by atoms with Crippen LogP contribution in [-0.4, -0.2) is 60.1 Å². The third-order valence-electron chi connectivity index (χ3n) is 5.28. The Labute approximate surface area is 190 Å². The fraction of sp³-hybridized carbons (Fsp3) is 0.480. The largest absolute Gasteiger partial charge is 0.497 e. The van der Waals surface area contributed by atoms with Crippen LogP contribution in [0.5, 0.6) is 17.2 Å². The first-order valence-corrected chi connectivity index (χ1v) is 11.1. The third-order valence-corrected chi connectivity index (χ3v) is 5.28. The van der Waals surface area contributed by atoms with Crippen molar-refractivity contribution < 1.29 is 29.2 Å². The van der Waals surface area contributed by atoms with Crippen molar-refractivity contribution in [2.24, 2.45) is 0 Å². The Balaban J connectivity index is 1.99. The van der Waals surface area contributed by atoms with Gasteiger partial charge >= 0.3 is 5.97 Å². The number of nitrogens with zero attached hydrogens (tertiary/aromatic N) is 1. The van der Waals surface area contributed by atoms with Crippen LogP contribution in [-0.2, 0) is 11.3 Å². The van der Waals surface area contributed by atoms with E-state index in [2.05, 4.69) is 0 Å². The van der Waals surface area contributed by atoms with E-state index in [4.69, 9.17) is 14.2 Å². The zero-order valence-electron chi connectivity index (χ0n) is 19.2. The smallest absolute Gasteiger partial charge is 0.320 e. The summed E-state index contributed by atoms with van der Waals surface area (Å²) >= 11 is 0. The van der Waals surface area contributed by atoms with Gasteiger partial charge in [-0.25, -0.2) is 0 Å². The maximum Gasteiger partial charge on any atom is 0.320 e. The molecule has 0 aliphatic heterocycles. The van der Waals surface area contributed by atoms with E-state index >= 15 is 0 Å². The number of carbonyl (C=O) groups is 1. The molecule has 2 atom stereocenters. The minimum Gasteiger partial charge on any atom is -0.497 e. The molecule has 0 heterocycles. The number of ether oxygens (including phenoxy) is 3. The molecule has 0 fully saturated rings. The van der Waals surface area contributed by atoms with Gasteiger partial charge < -0.3 is 24.4 Å². The molecule has 0 aromatic heterocycles. The number of methoxy groups -OCH3 is 1. The second-order valence-electron chi connectivity index (χ2n) is 7.59. The van der Waals surface area contributed by atoms with Gasteiger partial charge in [0, 0.05) is 13.1 Å². The first-order valence-electron chi connectivity index (χ1n) is 11.1. The zero-order chi connectivity index (χ0) is 23.3. The van der Waals surface area contributed by atoms with Gasteiger partial charge in [-0.2, -0.15) is 0 Å². The van der Waals surface area contributed by atoms with Crippen LogP contribution >= 0.6 is 0 Å². The molecule has 176 valence electrons. The quantitative estimate of drug-likeness (QED) is 0.401. The topological polar surface area (TPSA) is 88.5 Å². The second-order valence-corrected chi connectivity index (χ2v) is 7.59. The number of aliphatic hydroxyl groups is 1. The summed E-state index contributed by atoms with van der Waals surface area (Å²) in [7, 11) is 1.62. The van der Waals surface area contributed by atoms with Crippen LogP contribution in [0.3, 0.4) is 0 Å². The minimum atomic E-state index is -0.831. The van der Waals surface area contributed by atoms with Crippen LogP contribution in [0.4, 0.5) is 0 Å². The van der Waals surface area contributed by atoms with Gasteiger partial charge in [0.1, 0.15) is 29.4 Å². The molecule has 7 heteroatoms. The van der Waals surface area contributed by atoms with Crippen molar-refractivity contribution in [1.29, 1.82) is 0 Å². The number of carboxylic acid groups (broad SMARTS) is 1. The summed E-state index contributed by atoms with van der Waals surface area (Å²) in [6.07, 6.45) is 1.65. The second kappa shape index (κ2) is 13.6. The Morgan fingerprint density at radius 2 is 1.75 bits per heavy atom. The molecule has 32 heavy (non-hydrogen) atoms. The molecule has 0 bridgehead atoms. The van der Waals surface area contributed by atoms with Gasteiger partial charge in [0.25, 0.3) is 0 Å². The van der Waals surface area contributed by atoms with E-state index < -0.39 is 12.0 Å². The highest BCUT2D eigenvalue weighted by molar-refractivity contribution is 5.73. The van der Waals surface area contributed by atoms with Gasteiger partial charge in [0.2, 0.25) is 0 Å². The Morgan fingerprint density at radius 3 is 2.34 bits per heavy atom. The number of rotatable bonds is 15. The molecule has 0 unspecified atom stereocenters. The molecule has 0 radical (unpaired) electrons. The van der Waals surface area contributed by atoms with Crippen molar-refractivity contribution in [3.63, 3.8) is 0 Å². The van der Waals surface area contributed by atoms with Crippen LogP contribution in [0, 0.1) is 0 Å². The molecule has 2 aromatic carbocycles. The van der Waals surface area contributed by atoms with E-state index in [-0.39, 0.29) is 12.7 Å². The molecule has 2 rings (SSSR count). The molecule has 0 aliphatic rings. The van der Waals surface area contributed by atoms with Gasteiger partial charge in [-0.1, -0.05) is 26.0 Å². The van der Waals surface area contributed by atoms with Crippen molar-refractivity contribution in [3.8, 4) is 17.2 Å². The number of hydrogen-bond acceptors (Lipinski definition) is 6. The summed E-state index contributed by atoms with van der Waals surface area (Å²) < 4.78 is 16.8.